The number of hydrogen-bond acceptors (Lipinski definition) is 4. The molecule has 2 aromatic rings. The minimum Gasteiger partial charge on any atom is -0.497 e. The summed E-state index contributed by atoms with van der Waals surface area (Å²) in [5.74, 6) is 1.53. The summed E-state index contributed by atoms with van der Waals surface area (Å²) in [6.45, 7) is 1.89. The van der Waals surface area contributed by atoms with E-state index in [9.17, 15) is 4.79 Å². The molecule has 0 fully saturated rings. The van der Waals surface area contributed by atoms with Gasteiger partial charge >= 0.3 is 0 Å². The Morgan fingerprint density at radius 2 is 1.68 bits per heavy atom. The van der Waals surface area contributed by atoms with Crippen molar-refractivity contribution in [2.45, 2.75) is 6.92 Å². The predicted octanol–water partition coefficient (Wildman–Crippen LogP) is 3.27. The lowest BCUT2D eigenvalue weighted by Crippen LogP contribution is -2.13. The van der Waals surface area contributed by atoms with E-state index in [0.717, 1.165) is 5.56 Å². The van der Waals surface area contributed by atoms with Gasteiger partial charge in [0.1, 0.15) is 17.2 Å². The van der Waals surface area contributed by atoms with E-state index in [1.54, 1.807) is 44.6 Å². The van der Waals surface area contributed by atoms with Crippen LogP contribution in [0, 0.1) is 6.92 Å². The zero-order valence-electron chi connectivity index (χ0n) is 13.1. The highest BCUT2D eigenvalue weighted by Gasteiger charge is 2.16. The molecule has 0 aliphatic heterocycles. The number of carbonyl (C=O) groups is 1. The van der Waals surface area contributed by atoms with E-state index in [4.69, 9.17) is 14.2 Å². The zero-order chi connectivity index (χ0) is 16.1. The third kappa shape index (κ3) is 3.31. The number of nitrogens with one attached hydrogen (secondary N) is 1. The molecule has 2 aromatic carbocycles. The van der Waals surface area contributed by atoms with Crippen LogP contribution in [0.4, 0.5) is 5.69 Å². The number of anilines is 1. The highest BCUT2D eigenvalue weighted by Crippen LogP contribution is 2.29. The molecule has 2 rings (SSSR count). The van der Waals surface area contributed by atoms with Crippen molar-refractivity contribution in [3.05, 3.63) is 47.5 Å². The van der Waals surface area contributed by atoms with Crippen LogP contribution in [0.2, 0.25) is 0 Å². The van der Waals surface area contributed by atoms with Crippen LogP contribution in [0.5, 0.6) is 17.2 Å². The molecule has 22 heavy (non-hydrogen) atoms. The van der Waals surface area contributed by atoms with Crippen molar-refractivity contribution in [2.75, 3.05) is 26.6 Å². The number of rotatable bonds is 5. The van der Waals surface area contributed by atoms with E-state index in [1.165, 1.54) is 7.11 Å². The van der Waals surface area contributed by atoms with Crippen LogP contribution in [-0.2, 0) is 0 Å². The van der Waals surface area contributed by atoms with Gasteiger partial charge in [-0.05, 0) is 36.8 Å². The van der Waals surface area contributed by atoms with E-state index < -0.39 is 0 Å². The summed E-state index contributed by atoms with van der Waals surface area (Å²) in [6.07, 6.45) is 0. The van der Waals surface area contributed by atoms with Crippen molar-refractivity contribution >= 4 is 11.6 Å². The molecule has 0 spiro atoms. The standard InChI is InChI=1S/C17H19NO4/c1-11-8-16(22-4)14(10-15(11)21-3)17(19)18-12-6-5-7-13(9-12)20-2/h5-10H,1-4H3,(H,18,19). The van der Waals surface area contributed by atoms with Crippen molar-refractivity contribution in [3.8, 4) is 17.2 Å². The average molecular weight is 301 g/mol. The Kier molecular flexibility index (Phi) is 4.88. The Labute approximate surface area is 129 Å². The molecule has 0 bridgehead atoms. The third-order valence-electron chi connectivity index (χ3n) is 3.29. The molecule has 0 saturated heterocycles. The van der Waals surface area contributed by atoms with Crippen molar-refractivity contribution in [2.24, 2.45) is 0 Å². The minimum atomic E-state index is -0.275. The zero-order valence-corrected chi connectivity index (χ0v) is 13.1. The van der Waals surface area contributed by atoms with Crippen LogP contribution < -0.4 is 19.5 Å². The Bertz CT molecular complexity index is 682. The van der Waals surface area contributed by atoms with Gasteiger partial charge in [0.2, 0.25) is 0 Å². The summed E-state index contributed by atoms with van der Waals surface area (Å²) in [5.41, 5.74) is 1.95. The highest BCUT2D eigenvalue weighted by molar-refractivity contribution is 6.06. The number of benzene rings is 2. The fourth-order valence-corrected chi connectivity index (χ4v) is 2.13. The Morgan fingerprint density at radius 1 is 0.955 bits per heavy atom. The van der Waals surface area contributed by atoms with Gasteiger partial charge in [0, 0.05) is 11.8 Å². The van der Waals surface area contributed by atoms with Crippen LogP contribution in [-0.4, -0.2) is 27.2 Å². The van der Waals surface area contributed by atoms with Crippen LogP contribution >= 0.6 is 0 Å². The maximum atomic E-state index is 12.5. The number of ether oxygens (including phenoxy) is 3. The van der Waals surface area contributed by atoms with Crippen LogP contribution in [0.15, 0.2) is 36.4 Å². The molecule has 0 radical (unpaired) electrons. The molecular weight excluding hydrogens is 282 g/mol. The molecule has 0 heterocycles. The number of amides is 1. The molecule has 0 aliphatic rings. The molecule has 0 aromatic heterocycles. The molecule has 116 valence electrons. The quantitative estimate of drug-likeness (QED) is 0.921. The van der Waals surface area contributed by atoms with Crippen molar-refractivity contribution in [1.82, 2.24) is 0 Å². The first-order chi connectivity index (χ1) is 10.6. The number of hydrogen-bond donors (Lipinski definition) is 1. The molecule has 0 aliphatic carbocycles. The average Bonchev–Trinajstić information content (AvgIpc) is 2.54. The Hall–Kier alpha value is -2.69. The summed E-state index contributed by atoms with van der Waals surface area (Å²) in [4.78, 5) is 12.5. The molecule has 5 heteroatoms. The second kappa shape index (κ2) is 6.85. The maximum Gasteiger partial charge on any atom is 0.259 e. The monoisotopic (exact) mass is 301 g/mol. The van der Waals surface area contributed by atoms with Crippen LogP contribution in [0.3, 0.4) is 0 Å². The Balaban J connectivity index is 2.32. The van der Waals surface area contributed by atoms with Crippen molar-refractivity contribution in [1.29, 1.82) is 0 Å². The van der Waals surface area contributed by atoms with Gasteiger partial charge in [-0.1, -0.05) is 6.07 Å². The second-order valence-electron chi connectivity index (χ2n) is 4.71. The first kappa shape index (κ1) is 15.7. The van der Waals surface area contributed by atoms with Gasteiger partial charge in [-0.25, -0.2) is 0 Å². The van der Waals surface area contributed by atoms with Gasteiger partial charge < -0.3 is 19.5 Å². The Morgan fingerprint density at radius 3 is 2.32 bits per heavy atom. The molecule has 0 unspecified atom stereocenters. The SMILES string of the molecule is COc1cccc(NC(=O)c2cc(OC)c(C)cc2OC)c1. The highest BCUT2D eigenvalue weighted by atomic mass is 16.5. The summed E-state index contributed by atoms with van der Waals surface area (Å²) in [6, 6.07) is 10.6. The summed E-state index contributed by atoms with van der Waals surface area (Å²) < 4.78 is 15.7. The molecule has 1 N–H and O–H groups in total. The van der Waals surface area contributed by atoms with Crippen molar-refractivity contribution < 1.29 is 19.0 Å². The van der Waals surface area contributed by atoms with Gasteiger partial charge in [0.15, 0.2) is 0 Å². The lowest BCUT2D eigenvalue weighted by atomic mass is 10.1. The first-order valence-corrected chi connectivity index (χ1v) is 6.77. The summed E-state index contributed by atoms with van der Waals surface area (Å²) >= 11 is 0. The predicted molar refractivity (Wildman–Crippen MR) is 85.2 cm³/mol. The summed E-state index contributed by atoms with van der Waals surface area (Å²) in [5, 5.41) is 2.82. The largest absolute Gasteiger partial charge is 0.497 e. The molecular formula is C17H19NO4. The lowest BCUT2D eigenvalue weighted by molar-refractivity contribution is 0.102. The molecule has 0 atom stereocenters. The fourth-order valence-electron chi connectivity index (χ4n) is 2.13. The van der Waals surface area contributed by atoms with Crippen LogP contribution in [0.25, 0.3) is 0 Å². The first-order valence-electron chi connectivity index (χ1n) is 6.77. The van der Waals surface area contributed by atoms with E-state index in [0.29, 0.717) is 28.5 Å². The maximum absolute atomic E-state index is 12.5. The van der Waals surface area contributed by atoms with Crippen LogP contribution in [0.1, 0.15) is 15.9 Å². The van der Waals surface area contributed by atoms with Gasteiger partial charge in [-0.2, -0.15) is 0 Å². The number of aryl methyl sites for hydroxylation is 1. The topological polar surface area (TPSA) is 56.8 Å². The van der Waals surface area contributed by atoms with E-state index >= 15 is 0 Å². The normalized spacial score (nSPS) is 10.0. The second-order valence-corrected chi connectivity index (χ2v) is 4.71. The van der Waals surface area contributed by atoms with Gasteiger partial charge in [0.25, 0.3) is 5.91 Å². The molecule has 1 amide bonds. The van der Waals surface area contributed by atoms with Gasteiger partial charge in [0.05, 0.1) is 26.9 Å². The van der Waals surface area contributed by atoms with E-state index in [1.807, 2.05) is 13.0 Å². The lowest BCUT2D eigenvalue weighted by Gasteiger charge is -2.13. The van der Waals surface area contributed by atoms with Gasteiger partial charge in [-0.15, -0.1) is 0 Å². The smallest absolute Gasteiger partial charge is 0.259 e. The number of methoxy groups -OCH3 is 3. The van der Waals surface area contributed by atoms with Gasteiger partial charge in [-0.3, -0.25) is 4.79 Å². The van der Waals surface area contributed by atoms with E-state index in [-0.39, 0.29) is 5.91 Å². The van der Waals surface area contributed by atoms with E-state index in [2.05, 4.69) is 5.32 Å². The summed E-state index contributed by atoms with van der Waals surface area (Å²) in [7, 11) is 4.68. The van der Waals surface area contributed by atoms with Crippen molar-refractivity contribution in [3.63, 3.8) is 0 Å². The molecule has 5 nitrogen and oxygen atoms in total. The fraction of sp³-hybridized carbons (Fsp3) is 0.235. The molecule has 0 saturated carbocycles. The number of carbonyl (C=O) groups excluding carboxylic acids is 1. The minimum absolute atomic E-state index is 0.275. The third-order valence-corrected chi connectivity index (χ3v) is 3.29.